The molecular weight excluding hydrogens is 418 g/mol. The van der Waals surface area contributed by atoms with Crippen molar-refractivity contribution in [1.29, 1.82) is 0 Å². The molecule has 0 aliphatic heterocycles. The van der Waals surface area contributed by atoms with Crippen LogP contribution in [0.3, 0.4) is 0 Å². The van der Waals surface area contributed by atoms with Crippen molar-refractivity contribution >= 4 is 43.6 Å². The zero-order valence-corrected chi connectivity index (χ0v) is 18.6. The van der Waals surface area contributed by atoms with Crippen molar-refractivity contribution in [1.82, 2.24) is 14.1 Å². The lowest BCUT2D eigenvalue weighted by atomic mass is 10.1. The average Bonchev–Trinajstić information content (AvgIpc) is 3.41. The number of benzene rings is 4. The number of pyridine rings is 1. The molecular formula is C30H21N3O. The monoisotopic (exact) mass is 439 g/mol. The van der Waals surface area contributed by atoms with E-state index in [-0.39, 0.29) is 0 Å². The van der Waals surface area contributed by atoms with Crippen LogP contribution in [0, 0.1) is 0 Å². The van der Waals surface area contributed by atoms with Gasteiger partial charge in [-0.05, 0) is 54.6 Å². The molecule has 4 aromatic carbocycles. The molecule has 0 N–H and O–H groups in total. The van der Waals surface area contributed by atoms with Crippen LogP contribution in [0.1, 0.15) is 0 Å². The number of para-hydroxylation sites is 2. The molecule has 4 nitrogen and oxygen atoms in total. The molecule has 0 bridgehead atoms. The second-order valence-electron chi connectivity index (χ2n) is 8.45. The van der Waals surface area contributed by atoms with Gasteiger partial charge in [-0.2, -0.15) is 0 Å². The Morgan fingerprint density at radius 1 is 0.588 bits per heavy atom. The fraction of sp³-hybridized carbons (Fsp3) is 0.0333. The number of methoxy groups -OCH3 is 1. The summed E-state index contributed by atoms with van der Waals surface area (Å²) in [5.41, 5.74) is 5.75. The first-order chi connectivity index (χ1) is 16.8. The molecule has 0 unspecified atom stereocenters. The number of aromatic nitrogens is 3. The third kappa shape index (κ3) is 2.57. The lowest BCUT2D eigenvalue weighted by Crippen LogP contribution is -1.97. The van der Waals surface area contributed by atoms with Crippen LogP contribution < -0.4 is 4.74 Å². The van der Waals surface area contributed by atoms with Gasteiger partial charge in [-0.1, -0.05) is 42.5 Å². The zero-order chi connectivity index (χ0) is 22.6. The predicted octanol–water partition coefficient (Wildman–Crippen LogP) is 7.28. The molecule has 162 valence electrons. The van der Waals surface area contributed by atoms with E-state index in [4.69, 9.17) is 4.74 Å². The van der Waals surface area contributed by atoms with Gasteiger partial charge >= 0.3 is 0 Å². The van der Waals surface area contributed by atoms with Crippen molar-refractivity contribution in [2.24, 2.45) is 0 Å². The number of fused-ring (bicyclic) bond motifs is 7. The highest BCUT2D eigenvalue weighted by Crippen LogP contribution is 2.42. The summed E-state index contributed by atoms with van der Waals surface area (Å²) < 4.78 is 10.2. The predicted molar refractivity (Wildman–Crippen MR) is 139 cm³/mol. The summed E-state index contributed by atoms with van der Waals surface area (Å²) in [4.78, 5) is 4.69. The highest BCUT2D eigenvalue weighted by Gasteiger charge is 2.20. The zero-order valence-electron chi connectivity index (χ0n) is 18.6. The van der Waals surface area contributed by atoms with E-state index in [0.29, 0.717) is 0 Å². The van der Waals surface area contributed by atoms with Crippen molar-refractivity contribution in [3.63, 3.8) is 0 Å². The van der Waals surface area contributed by atoms with Gasteiger partial charge in [0, 0.05) is 39.5 Å². The van der Waals surface area contributed by atoms with Gasteiger partial charge in [0.1, 0.15) is 11.6 Å². The first-order valence-corrected chi connectivity index (χ1v) is 11.4. The molecule has 3 aromatic heterocycles. The van der Waals surface area contributed by atoms with Crippen molar-refractivity contribution < 1.29 is 4.74 Å². The van der Waals surface area contributed by atoms with Crippen LogP contribution >= 0.6 is 0 Å². The summed E-state index contributed by atoms with van der Waals surface area (Å²) in [6.45, 7) is 0. The lowest BCUT2D eigenvalue weighted by Gasteiger charge is -2.08. The van der Waals surface area contributed by atoms with Gasteiger partial charge in [0.15, 0.2) is 0 Å². The Balaban J connectivity index is 1.73. The smallest absolute Gasteiger partial charge is 0.137 e. The van der Waals surface area contributed by atoms with Gasteiger partial charge in [0.05, 0.1) is 29.2 Å². The maximum atomic E-state index is 5.59. The van der Waals surface area contributed by atoms with Gasteiger partial charge < -0.3 is 9.30 Å². The van der Waals surface area contributed by atoms with Gasteiger partial charge in [0.25, 0.3) is 0 Å². The van der Waals surface area contributed by atoms with Crippen LogP contribution in [0.2, 0.25) is 0 Å². The van der Waals surface area contributed by atoms with Crippen LogP contribution in [0.5, 0.6) is 5.75 Å². The summed E-state index contributed by atoms with van der Waals surface area (Å²) in [7, 11) is 1.71. The Labute approximate surface area is 196 Å². The minimum Gasteiger partial charge on any atom is -0.497 e. The normalized spacial score (nSPS) is 11.7. The van der Waals surface area contributed by atoms with Crippen molar-refractivity contribution in [2.45, 2.75) is 0 Å². The van der Waals surface area contributed by atoms with E-state index < -0.39 is 0 Å². The van der Waals surface area contributed by atoms with Gasteiger partial charge in [0.2, 0.25) is 0 Å². The number of hydrogen-bond acceptors (Lipinski definition) is 2. The number of hydrogen-bond donors (Lipinski definition) is 0. The minimum atomic E-state index is 0.829. The van der Waals surface area contributed by atoms with Gasteiger partial charge in [-0.25, -0.2) is 4.98 Å². The Kier molecular flexibility index (Phi) is 4.02. The maximum Gasteiger partial charge on any atom is 0.137 e. The van der Waals surface area contributed by atoms with Crippen LogP contribution in [-0.4, -0.2) is 21.2 Å². The van der Waals surface area contributed by atoms with Crippen molar-refractivity contribution in [3.8, 4) is 17.3 Å². The summed E-state index contributed by atoms with van der Waals surface area (Å²) in [6.07, 6.45) is 1.84. The molecule has 0 saturated carbocycles. The van der Waals surface area contributed by atoms with Gasteiger partial charge in [-0.3, -0.25) is 4.57 Å². The first-order valence-electron chi connectivity index (χ1n) is 11.4. The van der Waals surface area contributed by atoms with Crippen molar-refractivity contribution in [3.05, 3.63) is 109 Å². The standard InChI is InChI=1S/C30H21N3O/c1-34-21-14-15-23-27(19-21)33(28-13-7-8-18-31-28)26-17-16-25-29(30(23)26)22-11-5-6-12-24(22)32(25)20-9-3-2-4-10-20/h2-19H,1H3. The fourth-order valence-electron chi connectivity index (χ4n) is 5.26. The lowest BCUT2D eigenvalue weighted by molar-refractivity contribution is 0.415. The molecule has 0 aliphatic rings. The third-order valence-electron chi connectivity index (χ3n) is 6.67. The quantitative estimate of drug-likeness (QED) is 0.290. The second-order valence-corrected chi connectivity index (χ2v) is 8.45. The summed E-state index contributed by atoms with van der Waals surface area (Å²) >= 11 is 0. The highest BCUT2D eigenvalue weighted by atomic mass is 16.5. The third-order valence-corrected chi connectivity index (χ3v) is 6.67. The number of rotatable bonds is 3. The molecule has 7 rings (SSSR count). The molecule has 0 amide bonds. The SMILES string of the molecule is COc1ccc2c3c4c5ccccc5n(-c5ccccc5)c4ccc3n(-c3ccccn3)c2c1. The van der Waals surface area contributed by atoms with E-state index in [9.17, 15) is 0 Å². The van der Waals surface area contributed by atoms with E-state index in [1.807, 2.05) is 24.4 Å². The Hall–Kier alpha value is -4.57. The molecule has 34 heavy (non-hydrogen) atoms. The van der Waals surface area contributed by atoms with Crippen LogP contribution in [0.25, 0.3) is 55.1 Å². The van der Waals surface area contributed by atoms with Gasteiger partial charge in [-0.15, -0.1) is 0 Å². The molecule has 0 radical (unpaired) electrons. The number of ether oxygens (including phenoxy) is 1. The average molecular weight is 440 g/mol. The van der Waals surface area contributed by atoms with E-state index in [2.05, 4.69) is 99.0 Å². The Morgan fingerprint density at radius 3 is 2.06 bits per heavy atom. The van der Waals surface area contributed by atoms with Crippen LogP contribution in [0.15, 0.2) is 109 Å². The number of nitrogens with zero attached hydrogens (tertiary/aromatic N) is 3. The van der Waals surface area contributed by atoms with E-state index in [1.54, 1.807) is 7.11 Å². The molecule has 0 spiro atoms. The Bertz CT molecular complexity index is 1830. The highest BCUT2D eigenvalue weighted by molar-refractivity contribution is 6.28. The topological polar surface area (TPSA) is 32.0 Å². The fourth-order valence-corrected chi connectivity index (χ4v) is 5.26. The molecule has 0 atom stereocenters. The van der Waals surface area contributed by atoms with E-state index in [0.717, 1.165) is 28.3 Å². The molecule has 4 heteroatoms. The van der Waals surface area contributed by atoms with E-state index in [1.165, 1.54) is 32.6 Å². The van der Waals surface area contributed by atoms with Crippen LogP contribution in [-0.2, 0) is 0 Å². The minimum absolute atomic E-state index is 0.829. The molecule has 0 fully saturated rings. The summed E-state index contributed by atoms with van der Waals surface area (Å²) in [5, 5.41) is 4.90. The summed E-state index contributed by atoms with van der Waals surface area (Å²) in [5.74, 6) is 1.72. The second kappa shape index (κ2) is 7.22. The maximum absolute atomic E-state index is 5.59. The van der Waals surface area contributed by atoms with Crippen LogP contribution in [0.4, 0.5) is 0 Å². The van der Waals surface area contributed by atoms with Crippen molar-refractivity contribution in [2.75, 3.05) is 7.11 Å². The molecule has 7 aromatic rings. The van der Waals surface area contributed by atoms with E-state index >= 15 is 0 Å². The molecule has 3 heterocycles. The Morgan fingerprint density at radius 2 is 1.29 bits per heavy atom. The summed E-state index contributed by atoms with van der Waals surface area (Å²) in [6, 6.07) is 36.0. The molecule has 0 saturated heterocycles. The first kappa shape index (κ1) is 18.9. The molecule has 0 aliphatic carbocycles. The largest absolute Gasteiger partial charge is 0.497 e.